The van der Waals surface area contributed by atoms with Crippen molar-refractivity contribution >= 4 is 83.1 Å². The molecule has 21 aromatic rings. The molecule has 0 radical (unpaired) electrons. The van der Waals surface area contributed by atoms with Gasteiger partial charge in [0.1, 0.15) is 0 Å². The molecule has 6 aromatic heterocycles. The maximum atomic E-state index is 16.7. The summed E-state index contributed by atoms with van der Waals surface area (Å²) in [7, 11) is 5.69. The quantitative estimate of drug-likeness (QED) is 0.0845. The molecule has 0 N–H and O–H groups in total. The molecular weight excluding hydrogens is 1580 g/mol. The van der Waals surface area contributed by atoms with E-state index in [-0.39, 0.29) is 17.7 Å². The minimum atomic E-state index is -0.518. The molecular formula is C117H87N9O3. The van der Waals surface area contributed by atoms with E-state index >= 15 is 14.4 Å². The lowest BCUT2D eigenvalue weighted by molar-refractivity contribution is 0.0366. The van der Waals surface area contributed by atoms with E-state index in [2.05, 4.69) is 305 Å². The van der Waals surface area contributed by atoms with Gasteiger partial charge in [0.15, 0.2) is 0 Å². The van der Waals surface area contributed by atoms with Crippen molar-refractivity contribution in [2.75, 3.05) is 21.1 Å². The third-order valence-electron chi connectivity index (χ3n) is 26.5. The minimum Gasteiger partial charge on any atom is -0.339 e. The first-order valence-electron chi connectivity index (χ1n) is 44.0. The van der Waals surface area contributed by atoms with E-state index in [9.17, 15) is 0 Å². The first-order chi connectivity index (χ1) is 63.5. The first kappa shape index (κ1) is 78.5. The molecule has 15 aromatic carbocycles. The average Bonchev–Trinajstić information content (AvgIpc) is 1.61. The van der Waals surface area contributed by atoms with E-state index in [0.29, 0.717) is 36.0 Å². The molecule has 22 rings (SSSR count). The highest BCUT2D eigenvalue weighted by Gasteiger charge is 2.41. The van der Waals surface area contributed by atoms with E-state index in [0.717, 1.165) is 183 Å². The van der Waals surface area contributed by atoms with E-state index in [1.807, 2.05) is 145 Å². The number of fused-ring (bicyclic) bond motifs is 9. The van der Waals surface area contributed by atoms with Crippen LogP contribution in [0.5, 0.6) is 0 Å². The highest BCUT2D eigenvalue weighted by atomic mass is 16.2. The van der Waals surface area contributed by atoms with Crippen LogP contribution in [0.25, 0.3) is 183 Å². The third-order valence-corrected chi connectivity index (χ3v) is 26.5. The Bertz CT molecular complexity index is 7180. The van der Waals surface area contributed by atoms with Gasteiger partial charge in [-0.3, -0.25) is 29.3 Å². The molecule has 0 spiro atoms. The Balaban J connectivity index is 0.657. The molecule has 1 aliphatic carbocycles. The van der Waals surface area contributed by atoms with Gasteiger partial charge in [0.25, 0.3) is 17.7 Å². The lowest BCUT2D eigenvalue weighted by Crippen LogP contribution is -2.54. The van der Waals surface area contributed by atoms with Crippen molar-refractivity contribution in [3.8, 4) is 118 Å². The fourth-order valence-corrected chi connectivity index (χ4v) is 19.9. The summed E-state index contributed by atoms with van der Waals surface area (Å²) in [4.78, 5) is 70.1. The SMILES string of the molecule is CN(C(=O)c1ccc(-c2ccccn2)cc1-c1cccc(-n2c3ccccc3c3cc(-c4ccccc4)ccc32)c1)C1CC(N(C)C(=O)c2ccc(-c3ccccn3)cc2-c2cccc(-n3c4ccccc4c4cc(-c5ccccc5)ccc43)c2)CC(N(C)C(=O)c2ccc(-c3ccccn3)cc2-c2cccc(-n3c4ccccc4c4cc(-c5ccccc5)ccc43)c2)C1. The van der Waals surface area contributed by atoms with Crippen LogP contribution >= 0.6 is 0 Å². The van der Waals surface area contributed by atoms with Crippen LogP contribution in [0.15, 0.2) is 419 Å². The number of para-hydroxylation sites is 3. The Morgan fingerprint density at radius 2 is 0.481 bits per heavy atom. The van der Waals surface area contributed by atoms with Gasteiger partial charge < -0.3 is 28.4 Å². The number of amides is 3. The van der Waals surface area contributed by atoms with Gasteiger partial charge in [-0.15, -0.1) is 0 Å². The molecule has 6 heterocycles. The Labute approximate surface area is 747 Å². The highest BCUT2D eigenvalue weighted by molar-refractivity contribution is 6.14. The molecule has 12 heteroatoms. The van der Waals surface area contributed by atoms with E-state index in [1.165, 1.54) is 0 Å². The van der Waals surface area contributed by atoms with Crippen molar-refractivity contribution in [1.29, 1.82) is 0 Å². The Morgan fingerprint density at radius 3 is 0.767 bits per heavy atom. The Hall–Kier alpha value is -16.4. The summed E-state index contributed by atoms with van der Waals surface area (Å²) in [5.74, 6) is -0.625. The van der Waals surface area contributed by atoms with Gasteiger partial charge in [-0.25, -0.2) is 0 Å². The summed E-state index contributed by atoms with van der Waals surface area (Å²) in [6.45, 7) is 0. The first-order valence-corrected chi connectivity index (χ1v) is 44.0. The smallest absolute Gasteiger partial charge is 0.254 e. The van der Waals surface area contributed by atoms with E-state index in [1.54, 1.807) is 18.6 Å². The minimum absolute atomic E-state index is 0.208. The molecule has 0 atom stereocenters. The van der Waals surface area contributed by atoms with Crippen LogP contribution in [0.4, 0.5) is 0 Å². The molecule has 0 aliphatic heterocycles. The van der Waals surface area contributed by atoms with Crippen LogP contribution in [-0.2, 0) is 0 Å². The molecule has 3 amide bonds. The maximum Gasteiger partial charge on any atom is 0.254 e. The fourth-order valence-electron chi connectivity index (χ4n) is 19.9. The van der Waals surface area contributed by atoms with Crippen molar-refractivity contribution < 1.29 is 14.4 Å². The van der Waals surface area contributed by atoms with Gasteiger partial charge in [0, 0.05) is 141 Å². The molecule has 618 valence electrons. The fraction of sp³-hybridized carbons (Fsp3) is 0.0769. The van der Waals surface area contributed by atoms with Crippen LogP contribution in [0, 0.1) is 0 Å². The van der Waals surface area contributed by atoms with Crippen molar-refractivity contribution in [2.45, 2.75) is 37.4 Å². The second kappa shape index (κ2) is 33.2. The van der Waals surface area contributed by atoms with Crippen LogP contribution < -0.4 is 0 Å². The molecule has 0 unspecified atom stereocenters. The highest BCUT2D eigenvalue weighted by Crippen LogP contribution is 2.45. The second-order valence-corrected chi connectivity index (χ2v) is 33.8. The summed E-state index contributed by atoms with van der Waals surface area (Å²) >= 11 is 0. The number of carbonyl (C=O) groups is 3. The van der Waals surface area contributed by atoms with Crippen LogP contribution in [0.3, 0.4) is 0 Å². The average molecular weight is 1670 g/mol. The lowest BCUT2D eigenvalue weighted by atomic mass is 9.83. The van der Waals surface area contributed by atoms with Gasteiger partial charge in [-0.05, 0) is 250 Å². The number of hydrogen-bond donors (Lipinski definition) is 0. The molecule has 129 heavy (non-hydrogen) atoms. The number of nitrogens with zero attached hydrogens (tertiary/aromatic N) is 9. The molecule has 1 saturated carbocycles. The number of aromatic nitrogens is 6. The molecule has 12 nitrogen and oxygen atoms in total. The lowest BCUT2D eigenvalue weighted by Gasteiger charge is -2.45. The van der Waals surface area contributed by atoms with Crippen molar-refractivity contribution in [3.05, 3.63) is 436 Å². The van der Waals surface area contributed by atoms with Gasteiger partial charge >= 0.3 is 0 Å². The number of benzene rings is 15. The molecule has 1 fully saturated rings. The standard InChI is InChI=1S/C117H87N9O3/c1-121(115(127)97-55-49-85(106-43-19-22-61-118-106)70-100(97)82-34-25-37-88(64-82)124-109-46-16-13-40-94(109)103-67-79(52-58-112(103)124)76-28-7-4-8-29-76)91-73-92(122(2)116(128)98-56-50-86(107-44-20-23-62-119-107)71-101(98)83-35-26-38-89(65-83)125-110-47-17-14-41-95(110)104-68-80(53-59-113(104)125)77-30-9-5-10-31-77)75-93(74-91)123(3)117(129)99-57-51-87(108-45-21-24-63-120-108)72-102(99)84-36-27-39-90(66-84)126-111-48-18-15-42-96(111)105-69-81(54-60-114(105)126)78-32-11-6-12-33-78/h4-72,91-93H,73-75H2,1-3H3. The normalized spacial score (nSPS) is 13.9. The number of carbonyl (C=O) groups excluding carboxylic acids is 3. The monoisotopic (exact) mass is 1670 g/mol. The third kappa shape index (κ3) is 14.4. The predicted octanol–water partition coefficient (Wildman–Crippen LogP) is 27.1. The summed E-state index contributed by atoms with van der Waals surface area (Å²) in [6, 6.07) is 137. The Kier molecular flexibility index (Phi) is 20.2. The van der Waals surface area contributed by atoms with Gasteiger partial charge in [-0.1, -0.05) is 237 Å². The van der Waals surface area contributed by atoms with Crippen LogP contribution in [-0.4, -0.2) is 100 Å². The van der Waals surface area contributed by atoms with Gasteiger partial charge in [-0.2, -0.15) is 0 Å². The van der Waals surface area contributed by atoms with Crippen molar-refractivity contribution in [3.63, 3.8) is 0 Å². The summed E-state index contributed by atoms with van der Waals surface area (Å²) < 4.78 is 6.97. The van der Waals surface area contributed by atoms with E-state index < -0.39 is 18.1 Å². The zero-order chi connectivity index (χ0) is 86.7. The summed E-state index contributed by atoms with van der Waals surface area (Å²) in [6.07, 6.45) is 6.56. The zero-order valence-electron chi connectivity index (χ0n) is 71.4. The molecule has 0 saturated heterocycles. The molecule has 1 aliphatic rings. The van der Waals surface area contributed by atoms with Crippen molar-refractivity contribution in [2.24, 2.45) is 0 Å². The largest absolute Gasteiger partial charge is 0.339 e. The topological polar surface area (TPSA) is 114 Å². The van der Waals surface area contributed by atoms with Crippen LogP contribution in [0.1, 0.15) is 50.3 Å². The zero-order valence-corrected chi connectivity index (χ0v) is 71.4. The van der Waals surface area contributed by atoms with Gasteiger partial charge in [0.05, 0.1) is 50.2 Å². The van der Waals surface area contributed by atoms with Crippen LogP contribution in [0.2, 0.25) is 0 Å². The predicted molar refractivity (Wildman–Crippen MR) is 526 cm³/mol. The number of rotatable bonds is 18. The molecule has 0 bridgehead atoms. The number of pyridine rings is 3. The Morgan fingerprint density at radius 1 is 0.225 bits per heavy atom. The van der Waals surface area contributed by atoms with E-state index in [4.69, 9.17) is 15.0 Å². The summed E-state index contributed by atoms with van der Waals surface area (Å²) in [5.41, 5.74) is 27.0. The second-order valence-electron chi connectivity index (χ2n) is 33.8. The summed E-state index contributed by atoms with van der Waals surface area (Å²) in [5, 5.41) is 6.79. The number of hydrogen-bond acceptors (Lipinski definition) is 6. The van der Waals surface area contributed by atoms with Crippen molar-refractivity contribution in [1.82, 2.24) is 43.4 Å². The maximum absolute atomic E-state index is 16.7. The van der Waals surface area contributed by atoms with Gasteiger partial charge in [0.2, 0.25) is 0 Å².